The number of nitrogens with one attached hydrogen (secondary N) is 1. The first kappa shape index (κ1) is 19.8. The standard InChI is InChI=1S/C19H17F3N4OS/c20-15-3-1-2-4-16(15)25-7-9-26(10-8-25)19(28)24-14-6-5-13(12-23)17(11-14)27-18(21)22/h1-6,11,18H,7-10H2,(H,24,28). The molecule has 0 amide bonds. The lowest BCUT2D eigenvalue weighted by atomic mass is 10.2. The van der Waals surface area contributed by atoms with Crippen molar-refractivity contribution in [2.45, 2.75) is 6.61 Å². The van der Waals surface area contributed by atoms with Crippen molar-refractivity contribution in [3.05, 3.63) is 53.8 Å². The van der Waals surface area contributed by atoms with Gasteiger partial charge in [-0.25, -0.2) is 4.39 Å². The number of hydrogen-bond acceptors (Lipinski definition) is 4. The van der Waals surface area contributed by atoms with Crippen LogP contribution in [-0.4, -0.2) is 42.8 Å². The van der Waals surface area contributed by atoms with Crippen LogP contribution in [0.4, 0.5) is 24.5 Å². The number of alkyl halides is 2. The van der Waals surface area contributed by atoms with Crippen LogP contribution in [0.15, 0.2) is 42.5 Å². The van der Waals surface area contributed by atoms with Gasteiger partial charge in [0.05, 0.1) is 11.3 Å². The van der Waals surface area contributed by atoms with Crippen LogP contribution >= 0.6 is 12.2 Å². The zero-order valence-electron chi connectivity index (χ0n) is 14.7. The van der Waals surface area contributed by atoms with E-state index in [-0.39, 0.29) is 17.1 Å². The highest BCUT2D eigenvalue weighted by molar-refractivity contribution is 7.80. The Morgan fingerprint density at radius 1 is 1.14 bits per heavy atom. The van der Waals surface area contributed by atoms with Crippen LogP contribution in [0, 0.1) is 17.1 Å². The van der Waals surface area contributed by atoms with Crippen molar-refractivity contribution in [2.75, 3.05) is 36.4 Å². The summed E-state index contributed by atoms with van der Waals surface area (Å²) in [4.78, 5) is 3.86. The number of rotatable bonds is 4. The summed E-state index contributed by atoms with van der Waals surface area (Å²) in [7, 11) is 0. The second-order valence-electron chi connectivity index (χ2n) is 6.06. The van der Waals surface area contributed by atoms with Crippen molar-refractivity contribution in [3.8, 4) is 11.8 Å². The molecule has 5 nitrogen and oxygen atoms in total. The fourth-order valence-corrected chi connectivity index (χ4v) is 3.25. The molecule has 9 heteroatoms. The maximum absolute atomic E-state index is 13.9. The summed E-state index contributed by atoms with van der Waals surface area (Å²) in [5, 5.41) is 12.4. The van der Waals surface area contributed by atoms with Gasteiger partial charge in [-0.3, -0.25) is 0 Å². The minimum absolute atomic E-state index is 0.00951. The minimum atomic E-state index is -3.03. The van der Waals surface area contributed by atoms with Gasteiger partial charge in [0.15, 0.2) is 5.11 Å². The lowest BCUT2D eigenvalue weighted by Crippen LogP contribution is -2.50. The highest BCUT2D eigenvalue weighted by Crippen LogP contribution is 2.25. The number of hydrogen-bond donors (Lipinski definition) is 1. The quantitative estimate of drug-likeness (QED) is 0.780. The number of nitriles is 1. The maximum atomic E-state index is 13.9. The van der Waals surface area contributed by atoms with E-state index in [0.29, 0.717) is 42.7 Å². The van der Waals surface area contributed by atoms with E-state index < -0.39 is 6.61 Å². The largest absolute Gasteiger partial charge is 0.433 e. The zero-order valence-corrected chi connectivity index (χ0v) is 15.6. The van der Waals surface area contributed by atoms with Gasteiger partial charge >= 0.3 is 6.61 Å². The second kappa shape index (κ2) is 8.80. The smallest absolute Gasteiger partial charge is 0.387 e. The highest BCUT2D eigenvalue weighted by atomic mass is 32.1. The molecule has 3 rings (SSSR count). The first-order chi connectivity index (χ1) is 13.5. The van der Waals surface area contributed by atoms with Crippen molar-refractivity contribution in [1.29, 1.82) is 5.26 Å². The van der Waals surface area contributed by atoms with Crippen molar-refractivity contribution >= 4 is 28.7 Å². The van der Waals surface area contributed by atoms with Crippen molar-refractivity contribution in [3.63, 3.8) is 0 Å². The minimum Gasteiger partial charge on any atom is -0.433 e. The Labute approximate surface area is 165 Å². The van der Waals surface area contributed by atoms with Crippen LogP contribution in [0.2, 0.25) is 0 Å². The predicted molar refractivity (Wildman–Crippen MR) is 104 cm³/mol. The molecule has 0 spiro atoms. The Kier molecular flexibility index (Phi) is 6.21. The van der Waals surface area contributed by atoms with E-state index in [2.05, 4.69) is 10.1 Å². The summed E-state index contributed by atoms with van der Waals surface area (Å²) >= 11 is 5.40. The van der Waals surface area contributed by atoms with Crippen molar-refractivity contribution in [1.82, 2.24) is 4.90 Å². The first-order valence-corrected chi connectivity index (χ1v) is 8.93. The van der Waals surface area contributed by atoms with Gasteiger partial charge < -0.3 is 19.9 Å². The summed E-state index contributed by atoms with van der Waals surface area (Å²) in [6.07, 6.45) is 0. The summed E-state index contributed by atoms with van der Waals surface area (Å²) in [5.41, 5.74) is 1.01. The van der Waals surface area contributed by atoms with Crippen LogP contribution in [0.1, 0.15) is 5.56 Å². The molecule has 146 valence electrons. The van der Waals surface area contributed by atoms with Crippen LogP contribution in [0.5, 0.6) is 5.75 Å². The number of piperazine rings is 1. The van der Waals surface area contributed by atoms with Crippen LogP contribution in [-0.2, 0) is 0 Å². The summed E-state index contributed by atoms with van der Waals surface area (Å²) in [5.74, 6) is -0.476. The Bertz CT molecular complexity index is 895. The number of anilines is 2. The summed E-state index contributed by atoms with van der Waals surface area (Å²) < 4.78 is 43.3. The molecular weight excluding hydrogens is 389 g/mol. The molecule has 1 fully saturated rings. The molecule has 2 aromatic carbocycles. The van der Waals surface area contributed by atoms with Crippen LogP contribution in [0.3, 0.4) is 0 Å². The number of halogens is 3. The Morgan fingerprint density at radius 2 is 1.86 bits per heavy atom. The van der Waals surface area contributed by atoms with Crippen molar-refractivity contribution in [2.24, 2.45) is 0 Å². The monoisotopic (exact) mass is 406 g/mol. The molecule has 1 heterocycles. The molecule has 28 heavy (non-hydrogen) atoms. The normalized spacial score (nSPS) is 14.0. The van der Waals surface area contributed by atoms with E-state index in [0.717, 1.165) is 0 Å². The summed E-state index contributed by atoms with van der Waals surface area (Å²) in [6, 6.07) is 12.7. The van der Waals surface area contributed by atoms with Gasteiger partial charge in [0.25, 0.3) is 0 Å². The Balaban J connectivity index is 1.62. The third kappa shape index (κ3) is 4.64. The predicted octanol–water partition coefficient (Wildman–Crippen LogP) is 3.82. The molecule has 1 N–H and O–H groups in total. The molecule has 0 aromatic heterocycles. The number of benzene rings is 2. The maximum Gasteiger partial charge on any atom is 0.387 e. The molecule has 0 aliphatic carbocycles. The van der Waals surface area contributed by atoms with Crippen molar-refractivity contribution < 1.29 is 17.9 Å². The van der Waals surface area contributed by atoms with Gasteiger partial charge in [0, 0.05) is 37.9 Å². The van der Waals surface area contributed by atoms with Gasteiger partial charge in [-0.15, -0.1) is 0 Å². The summed E-state index contributed by atoms with van der Waals surface area (Å²) in [6.45, 7) is -0.680. The SMILES string of the molecule is N#Cc1ccc(NC(=S)N2CCN(c3ccccc3F)CC2)cc1OC(F)F. The molecule has 1 saturated heterocycles. The van der Waals surface area contributed by atoms with E-state index in [4.69, 9.17) is 17.5 Å². The van der Waals surface area contributed by atoms with Gasteiger partial charge in [-0.05, 0) is 36.5 Å². The Hall–Kier alpha value is -2.99. The van der Waals surface area contributed by atoms with E-state index in [1.807, 2.05) is 9.80 Å². The van der Waals surface area contributed by atoms with E-state index in [1.54, 1.807) is 30.3 Å². The topological polar surface area (TPSA) is 51.5 Å². The molecule has 0 saturated carbocycles. The Morgan fingerprint density at radius 3 is 2.50 bits per heavy atom. The third-order valence-electron chi connectivity index (χ3n) is 4.33. The van der Waals surface area contributed by atoms with Crippen LogP contribution in [0.25, 0.3) is 0 Å². The molecule has 0 bridgehead atoms. The lowest BCUT2D eigenvalue weighted by molar-refractivity contribution is -0.0499. The molecule has 2 aromatic rings. The van der Waals surface area contributed by atoms with Gasteiger partial charge in [-0.2, -0.15) is 14.0 Å². The zero-order chi connectivity index (χ0) is 20.1. The third-order valence-corrected chi connectivity index (χ3v) is 4.69. The van der Waals surface area contributed by atoms with E-state index in [1.165, 1.54) is 18.2 Å². The number of para-hydroxylation sites is 1. The van der Waals surface area contributed by atoms with Gasteiger partial charge in [0.1, 0.15) is 17.6 Å². The van der Waals surface area contributed by atoms with Crippen LogP contribution < -0.4 is 15.0 Å². The molecule has 0 atom stereocenters. The molecular formula is C19H17F3N4OS. The molecule has 1 aliphatic rings. The van der Waals surface area contributed by atoms with Gasteiger partial charge in [0.2, 0.25) is 0 Å². The second-order valence-corrected chi connectivity index (χ2v) is 6.44. The van der Waals surface area contributed by atoms with Gasteiger partial charge in [-0.1, -0.05) is 12.1 Å². The number of ether oxygens (including phenoxy) is 1. The first-order valence-electron chi connectivity index (χ1n) is 8.52. The average molecular weight is 406 g/mol. The van der Waals surface area contributed by atoms with E-state index >= 15 is 0 Å². The molecule has 0 unspecified atom stereocenters. The number of nitrogens with zero attached hydrogens (tertiary/aromatic N) is 3. The molecule has 1 aliphatic heterocycles. The highest BCUT2D eigenvalue weighted by Gasteiger charge is 2.21. The lowest BCUT2D eigenvalue weighted by Gasteiger charge is -2.37. The fraction of sp³-hybridized carbons (Fsp3) is 0.263. The molecule has 0 radical (unpaired) electrons. The average Bonchev–Trinajstić information content (AvgIpc) is 2.68. The number of thiocarbonyl (C=S) groups is 1. The van der Waals surface area contributed by atoms with E-state index in [9.17, 15) is 13.2 Å². The fourth-order valence-electron chi connectivity index (χ4n) is 2.95.